The Balaban J connectivity index is 1.67. The van der Waals surface area contributed by atoms with Gasteiger partial charge in [0.2, 0.25) is 0 Å². The zero-order valence-electron chi connectivity index (χ0n) is 21.8. The van der Waals surface area contributed by atoms with Crippen LogP contribution in [0.4, 0.5) is 5.69 Å². The molecule has 0 radical (unpaired) electrons. The normalized spacial score (nSPS) is 12.4. The fraction of sp³-hybridized carbons (Fsp3) is 0.333. The third kappa shape index (κ3) is 8.14. The van der Waals surface area contributed by atoms with Crippen molar-refractivity contribution in [3.8, 4) is 22.6 Å². The lowest BCUT2D eigenvalue weighted by atomic mass is 9.99. The van der Waals surface area contributed by atoms with Crippen LogP contribution in [0, 0.1) is 5.92 Å². The van der Waals surface area contributed by atoms with Crippen molar-refractivity contribution in [3.63, 3.8) is 0 Å². The van der Waals surface area contributed by atoms with Crippen molar-refractivity contribution in [2.75, 3.05) is 19.0 Å². The maximum Gasteiger partial charge on any atom is 0.303 e. The highest BCUT2D eigenvalue weighted by Gasteiger charge is 2.18. The van der Waals surface area contributed by atoms with E-state index in [2.05, 4.69) is 19.2 Å². The van der Waals surface area contributed by atoms with Crippen LogP contribution in [0.5, 0.6) is 11.5 Å². The molecule has 202 valence electrons. The quantitative estimate of drug-likeness (QED) is 0.195. The number of methoxy groups -OCH3 is 1. The molecule has 0 amide bonds. The Kier molecular flexibility index (Phi) is 10.9. The number of hydrogen-bond donors (Lipinski definition) is 2. The van der Waals surface area contributed by atoms with E-state index in [1.807, 2.05) is 36.4 Å². The van der Waals surface area contributed by atoms with E-state index in [9.17, 15) is 9.59 Å². The Bertz CT molecular complexity index is 1250. The summed E-state index contributed by atoms with van der Waals surface area (Å²) in [5, 5.41) is 13.4. The van der Waals surface area contributed by atoms with Crippen LogP contribution >= 0.6 is 23.2 Å². The topological polar surface area (TPSA) is 84.9 Å². The minimum atomic E-state index is -0.893. The Morgan fingerprint density at radius 2 is 1.68 bits per heavy atom. The lowest BCUT2D eigenvalue weighted by Gasteiger charge is -2.26. The summed E-state index contributed by atoms with van der Waals surface area (Å²) in [6.45, 7) is 4.72. The molecule has 0 fully saturated rings. The van der Waals surface area contributed by atoms with Gasteiger partial charge in [-0.25, -0.2) is 0 Å². The molecule has 38 heavy (non-hydrogen) atoms. The van der Waals surface area contributed by atoms with Gasteiger partial charge in [-0.3, -0.25) is 9.59 Å². The van der Waals surface area contributed by atoms with Crippen molar-refractivity contribution in [2.45, 2.75) is 45.6 Å². The van der Waals surface area contributed by atoms with E-state index in [0.29, 0.717) is 46.1 Å². The summed E-state index contributed by atoms with van der Waals surface area (Å²) < 4.78 is 11.8. The Morgan fingerprint density at radius 1 is 0.974 bits per heavy atom. The summed E-state index contributed by atoms with van der Waals surface area (Å²) in [7, 11) is 1.61. The van der Waals surface area contributed by atoms with Gasteiger partial charge in [0.1, 0.15) is 18.1 Å². The van der Waals surface area contributed by atoms with E-state index < -0.39 is 5.97 Å². The summed E-state index contributed by atoms with van der Waals surface area (Å²) in [6.07, 6.45) is 1.50. The SMILES string of the molecule is CC[C@H](C)[C@@H](COc1ccc(-c2ccc(Cl)cc2Cl)c(OC)c1)Nc1ccc(C(=O)CCCC(=O)O)cc1. The maximum absolute atomic E-state index is 12.3. The molecule has 0 saturated heterocycles. The van der Waals surface area contributed by atoms with Crippen molar-refractivity contribution in [1.29, 1.82) is 0 Å². The summed E-state index contributed by atoms with van der Waals surface area (Å²) in [5.74, 6) is 0.686. The number of rotatable bonds is 14. The molecule has 3 rings (SSSR count). The van der Waals surface area contributed by atoms with Crippen molar-refractivity contribution >= 4 is 40.6 Å². The Hall–Kier alpha value is -3.22. The van der Waals surface area contributed by atoms with Gasteiger partial charge in [-0.2, -0.15) is 0 Å². The Morgan fingerprint density at radius 3 is 2.32 bits per heavy atom. The monoisotopic (exact) mass is 557 g/mol. The maximum atomic E-state index is 12.3. The van der Waals surface area contributed by atoms with Crippen molar-refractivity contribution in [2.24, 2.45) is 5.92 Å². The molecule has 2 atom stereocenters. The van der Waals surface area contributed by atoms with Crippen LogP contribution in [0.3, 0.4) is 0 Å². The first kappa shape index (κ1) is 29.3. The minimum Gasteiger partial charge on any atom is -0.496 e. The van der Waals surface area contributed by atoms with Crippen LogP contribution in [-0.2, 0) is 4.79 Å². The average Bonchev–Trinajstić information content (AvgIpc) is 2.90. The van der Waals surface area contributed by atoms with Gasteiger partial charge >= 0.3 is 5.97 Å². The highest BCUT2D eigenvalue weighted by Crippen LogP contribution is 2.38. The molecular weight excluding hydrogens is 525 g/mol. The summed E-state index contributed by atoms with van der Waals surface area (Å²) in [5.41, 5.74) is 3.12. The second kappa shape index (κ2) is 14.1. The number of aliphatic carboxylic acids is 1. The van der Waals surface area contributed by atoms with E-state index >= 15 is 0 Å². The van der Waals surface area contributed by atoms with Gasteiger partial charge in [-0.05, 0) is 60.9 Å². The van der Waals surface area contributed by atoms with E-state index in [1.165, 1.54) is 0 Å². The average molecular weight is 559 g/mol. The molecule has 0 unspecified atom stereocenters. The van der Waals surface area contributed by atoms with Crippen molar-refractivity contribution in [1.82, 2.24) is 0 Å². The molecule has 0 aromatic heterocycles. The van der Waals surface area contributed by atoms with Gasteiger partial charge in [-0.1, -0.05) is 49.5 Å². The number of hydrogen-bond acceptors (Lipinski definition) is 5. The number of carbonyl (C=O) groups excluding carboxylic acids is 1. The number of anilines is 1. The molecule has 0 aliphatic carbocycles. The summed E-state index contributed by atoms with van der Waals surface area (Å²) in [4.78, 5) is 23.0. The fourth-order valence-electron chi connectivity index (χ4n) is 4.02. The number of carboxylic acids is 1. The van der Waals surface area contributed by atoms with Crippen molar-refractivity contribution in [3.05, 3.63) is 76.3 Å². The molecule has 3 aromatic rings. The second-order valence-corrected chi connectivity index (χ2v) is 10.0. The number of benzene rings is 3. The number of Topliss-reactive ketones (excluding diaryl/α,β-unsaturated/α-hetero) is 1. The molecule has 3 aromatic carbocycles. The van der Waals surface area contributed by atoms with Crippen LogP contribution < -0.4 is 14.8 Å². The van der Waals surface area contributed by atoms with Gasteiger partial charge in [0, 0.05) is 46.3 Å². The van der Waals surface area contributed by atoms with Gasteiger partial charge < -0.3 is 19.9 Å². The predicted octanol–water partition coefficient (Wildman–Crippen LogP) is 8.01. The summed E-state index contributed by atoms with van der Waals surface area (Å²) >= 11 is 12.4. The van der Waals surface area contributed by atoms with E-state index in [4.69, 9.17) is 37.8 Å². The number of carboxylic acid groups (broad SMARTS) is 1. The highest BCUT2D eigenvalue weighted by atomic mass is 35.5. The third-order valence-electron chi connectivity index (χ3n) is 6.51. The third-order valence-corrected chi connectivity index (χ3v) is 7.06. The smallest absolute Gasteiger partial charge is 0.303 e. The number of ketones is 1. The number of halogens is 2. The standard InChI is InChI=1S/C30H33Cl2NO5/c1-4-19(2)27(33-22-11-8-20(9-12-22)28(34)6-5-7-30(35)36)18-38-23-13-15-25(29(17-23)37-3)24-14-10-21(31)16-26(24)32/h8-17,19,27,33H,4-7,18H2,1-3H3,(H,35,36)/t19-,27+/m0/s1. The van der Waals surface area contributed by atoms with Gasteiger partial charge in [-0.15, -0.1) is 0 Å². The zero-order chi connectivity index (χ0) is 27.7. The zero-order valence-corrected chi connectivity index (χ0v) is 23.3. The molecular formula is C30H33Cl2NO5. The number of carbonyl (C=O) groups is 2. The molecule has 0 heterocycles. The predicted molar refractivity (Wildman–Crippen MR) is 153 cm³/mol. The fourth-order valence-corrected chi connectivity index (χ4v) is 4.53. The molecule has 0 bridgehead atoms. The van der Waals surface area contributed by atoms with Crippen molar-refractivity contribution < 1.29 is 24.2 Å². The highest BCUT2D eigenvalue weighted by molar-refractivity contribution is 6.36. The largest absolute Gasteiger partial charge is 0.496 e. The lowest BCUT2D eigenvalue weighted by molar-refractivity contribution is -0.137. The lowest BCUT2D eigenvalue weighted by Crippen LogP contribution is -2.33. The van der Waals surface area contributed by atoms with Crippen LogP contribution in [0.2, 0.25) is 10.0 Å². The van der Waals surface area contributed by atoms with E-state index in [1.54, 1.807) is 31.4 Å². The Labute approximate surface area is 233 Å². The minimum absolute atomic E-state index is 0.00849. The molecule has 0 aliphatic rings. The van der Waals surface area contributed by atoms with Crippen LogP contribution in [-0.4, -0.2) is 36.6 Å². The van der Waals surface area contributed by atoms with Gasteiger partial charge in [0.05, 0.1) is 18.2 Å². The first-order chi connectivity index (χ1) is 18.2. The number of nitrogens with one attached hydrogen (secondary N) is 1. The van der Waals surface area contributed by atoms with E-state index in [0.717, 1.165) is 23.2 Å². The van der Waals surface area contributed by atoms with E-state index in [-0.39, 0.29) is 24.7 Å². The van der Waals surface area contributed by atoms with Crippen LogP contribution in [0.25, 0.3) is 11.1 Å². The molecule has 0 spiro atoms. The first-order valence-electron chi connectivity index (χ1n) is 12.6. The van der Waals surface area contributed by atoms with Gasteiger partial charge in [0.25, 0.3) is 0 Å². The van der Waals surface area contributed by atoms with Crippen LogP contribution in [0.15, 0.2) is 60.7 Å². The molecule has 2 N–H and O–H groups in total. The molecule has 0 saturated carbocycles. The molecule has 8 heteroatoms. The first-order valence-corrected chi connectivity index (χ1v) is 13.3. The summed E-state index contributed by atoms with van der Waals surface area (Å²) in [6, 6.07) is 18.3. The second-order valence-electron chi connectivity index (χ2n) is 9.18. The molecule has 0 aliphatic heterocycles. The van der Waals surface area contributed by atoms with Gasteiger partial charge in [0.15, 0.2) is 5.78 Å². The number of ether oxygens (including phenoxy) is 2. The molecule has 6 nitrogen and oxygen atoms in total. The van der Waals surface area contributed by atoms with Crippen LogP contribution in [0.1, 0.15) is 49.9 Å².